The number of nitrogens with zero attached hydrogens (tertiary/aromatic N) is 1. The smallest absolute Gasteiger partial charge is 0.338 e. The number of fused-ring (bicyclic) bond motifs is 2. The molecule has 17 heteroatoms. The molecule has 1 aromatic heterocycles. The van der Waals surface area contributed by atoms with Gasteiger partial charge in [0, 0.05) is 27.1 Å². The van der Waals surface area contributed by atoms with Gasteiger partial charge in [0.25, 0.3) is 5.91 Å². The van der Waals surface area contributed by atoms with Gasteiger partial charge in [-0.3, -0.25) is 19.2 Å². The lowest BCUT2D eigenvalue weighted by atomic mass is 9.82. The van der Waals surface area contributed by atoms with E-state index in [0.29, 0.717) is 26.2 Å². The van der Waals surface area contributed by atoms with Crippen LogP contribution in [0.1, 0.15) is 33.6 Å². The van der Waals surface area contributed by atoms with Gasteiger partial charge in [-0.1, -0.05) is 34.7 Å². The normalized spacial score (nSPS) is 18.6. The van der Waals surface area contributed by atoms with Gasteiger partial charge in [-0.15, -0.1) is 0 Å². The quantitative estimate of drug-likeness (QED) is 0.169. The van der Waals surface area contributed by atoms with Gasteiger partial charge in [-0.05, 0) is 73.7 Å². The minimum atomic E-state index is -3.91. The maximum absolute atomic E-state index is 14.2. The third-order valence-corrected chi connectivity index (χ3v) is 11.2. The molecule has 0 unspecified atom stereocenters. The molecule has 0 spiro atoms. The van der Waals surface area contributed by atoms with Gasteiger partial charge >= 0.3 is 10.8 Å². The number of primary sulfonamides is 1. The Hall–Kier alpha value is -4.48. The van der Waals surface area contributed by atoms with Crippen LogP contribution in [0.2, 0.25) is 5.02 Å². The van der Waals surface area contributed by atoms with Gasteiger partial charge in [0.05, 0.1) is 33.7 Å². The van der Waals surface area contributed by atoms with Gasteiger partial charge in [-0.2, -0.15) is 0 Å². The van der Waals surface area contributed by atoms with Crippen LogP contribution >= 0.6 is 34.7 Å². The van der Waals surface area contributed by atoms with Crippen molar-refractivity contribution in [1.29, 1.82) is 0 Å². The van der Waals surface area contributed by atoms with E-state index in [2.05, 4.69) is 10.3 Å². The molecule has 2 aliphatic heterocycles. The molecule has 4 N–H and O–H groups in total. The highest BCUT2D eigenvalue weighted by Gasteiger charge is 2.57. The number of esters is 1. The highest BCUT2D eigenvalue weighted by atomic mass is 35.5. The Morgan fingerprint density at radius 2 is 1.73 bits per heavy atom. The number of thioether (sulfide) groups is 1. The van der Waals surface area contributed by atoms with E-state index in [1.54, 1.807) is 19.1 Å². The fourth-order valence-electron chi connectivity index (χ4n) is 5.53. The average Bonchev–Trinajstić information content (AvgIpc) is 3.54. The first-order chi connectivity index (χ1) is 22.8. The summed E-state index contributed by atoms with van der Waals surface area (Å²) in [7, 11) is -3.91. The molecule has 1 saturated heterocycles. The molecule has 3 aromatic carbocycles. The van der Waals surface area contributed by atoms with Crippen LogP contribution in [0.5, 0.6) is 5.75 Å². The van der Waals surface area contributed by atoms with E-state index < -0.39 is 57.4 Å². The SMILES string of the molecule is CCOC(=O)c1ccc(N2C(=O)[C@H]3[C@H](c4cc(Cl)ccc4OCC(=O)Nc4ccc(S(N)(=O)=O)cc4)c4sc(=O)[nH]c4S[C@H]3C2=O)cc1. The van der Waals surface area contributed by atoms with Gasteiger partial charge in [0.2, 0.25) is 21.8 Å². The fraction of sp³-hybridized carbons (Fsp3) is 0.194. The van der Waals surface area contributed by atoms with E-state index in [4.69, 9.17) is 26.2 Å². The summed E-state index contributed by atoms with van der Waals surface area (Å²) in [6, 6.07) is 15.8. The van der Waals surface area contributed by atoms with Crippen molar-refractivity contribution in [2.75, 3.05) is 23.4 Å². The number of nitrogens with one attached hydrogen (secondary N) is 2. The fourth-order valence-corrected chi connectivity index (χ4v) is 8.73. The topological polar surface area (TPSA) is 195 Å². The van der Waals surface area contributed by atoms with Gasteiger partial charge < -0.3 is 19.8 Å². The standard InChI is InChI=1S/C31H25ClN4O9S3/c1-2-44-30(40)15-3-8-18(9-4-15)36-28(38)24-23(25-27(35-31(41)47-25)46-26(24)29(36)39)20-13-16(32)5-12-21(20)45-14-22(37)34-17-6-10-19(11-7-17)48(33,42)43/h3-13,23-24,26H,2,14H2,1H3,(H,34,37)(H,35,41)(H2,33,42,43)/t23-,24-,26+/m0/s1. The van der Waals surface area contributed by atoms with Crippen molar-refractivity contribution in [3.63, 3.8) is 0 Å². The number of carbonyl (C=O) groups is 4. The number of halogens is 1. The zero-order valence-electron chi connectivity index (χ0n) is 24.8. The first-order valence-corrected chi connectivity index (χ1v) is 17.9. The number of H-pyrrole nitrogens is 1. The number of aromatic amines is 1. The molecule has 4 aromatic rings. The predicted molar refractivity (Wildman–Crippen MR) is 178 cm³/mol. The lowest BCUT2D eigenvalue weighted by Gasteiger charge is -2.31. The number of nitrogens with two attached hydrogens (primary N) is 1. The van der Waals surface area contributed by atoms with Crippen molar-refractivity contribution in [2.45, 2.75) is 28.0 Å². The van der Waals surface area contributed by atoms with Crippen LogP contribution < -0.4 is 25.0 Å². The summed E-state index contributed by atoms with van der Waals surface area (Å²) in [4.78, 5) is 69.3. The van der Waals surface area contributed by atoms with Crippen LogP contribution in [0.15, 0.2) is 81.4 Å². The molecule has 13 nitrogen and oxygen atoms in total. The van der Waals surface area contributed by atoms with Crippen molar-refractivity contribution >= 4 is 79.8 Å². The van der Waals surface area contributed by atoms with E-state index in [1.165, 1.54) is 54.6 Å². The molecule has 3 heterocycles. The maximum atomic E-state index is 14.2. The molecule has 1 fully saturated rings. The third kappa shape index (κ3) is 6.49. The Morgan fingerprint density at radius 1 is 1.02 bits per heavy atom. The molecule has 0 saturated carbocycles. The van der Waals surface area contributed by atoms with Crippen molar-refractivity contribution in [2.24, 2.45) is 11.1 Å². The summed E-state index contributed by atoms with van der Waals surface area (Å²) in [5, 5.41) is 7.54. The van der Waals surface area contributed by atoms with E-state index in [9.17, 15) is 32.4 Å². The number of imide groups is 1. The summed E-state index contributed by atoms with van der Waals surface area (Å²) >= 11 is 8.41. The zero-order chi connectivity index (χ0) is 34.3. The summed E-state index contributed by atoms with van der Waals surface area (Å²) in [5.41, 5.74) is 1.21. The number of hydrogen-bond donors (Lipinski definition) is 3. The van der Waals surface area contributed by atoms with Crippen LogP contribution in [0.25, 0.3) is 0 Å². The molecule has 2 aliphatic rings. The van der Waals surface area contributed by atoms with Crippen molar-refractivity contribution < 1.29 is 37.1 Å². The van der Waals surface area contributed by atoms with Crippen LogP contribution in [-0.4, -0.2) is 55.6 Å². The first-order valence-electron chi connectivity index (χ1n) is 14.3. The van der Waals surface area contributed by atoms with Gasteiger partial charge in [0.15, 0.2) is 6.61 Å². The number of carbonyl (C=O) groups excluding carboxylic acids is 4. The minimum absolute atomic E-state index is 0.120. The summed E-state index contributed by atoms with van der Waals surface area (Å²) in [6.07, 6.45) is 0. The van der Waals surface area contributed by atoms with Gasteiger partial charge in [-0.25, -0.2) is 23.3 Å². The highest BCUT2D eigenvalue weighted by molar-refractivity contribution is 8.00. The number of benzene rings is 3. The predicted octanol–water partition coefficient (Wildman–Crippen LogP) is 3.73. The zero-order valence-corrected chi connectivity index (χ0v) is 28.0. The number of anilines is 2. The van der Waals surface area contributed by atoms with Crippen LogP contribution in [0, 0.1) is 5.92 Å². The Morgan fingerprint density at radius 3 is 2.40 bits per heavy atom. The minimum Gasteiger partial charge on any atom is -0.483 e. The van der Waals surface area contributed by atoms with Gasteiger partial charge in [0.1, 0.15) is 11.0 Å². The number of sulfonamides is 1. The highest BCUT2D eigenvalue weighted by Crippen LogP contribution is 2.54. The van der Waals surface area contributed by atoms with Crippen molar-refractivity contribution in [3.8, 4) is 5.75 Å². The Bertz CT molecular complexity index is 2120. The molecular formula is C31H25ClN4O9S3. The number of amides is 3. The summed E-state index contributed by atoms with van der Waals surface area (Å²) in [6.45, 7) is 1.39. The third-order valence-electron chi connectivity index (χ3n) is 7.59. The molecule has 0 radical (unpaired) electrons. The number of rotatable bonds is 9. The van der Waals surface area contributed by atoms with Crippen LogP contribution in [0.4, 0.5) is 11.4 Å². The van der Waals surface area contributed by atoms with E-state index in [0.717, 1.165) is 28.0 Å². The molecule has 0 aliphatic carbocycles. The lowest BCUT2D eigenvalue weighted by Crippen LogP contribution is -2.32. The molecule has 0 bridgehead atoms. The van der Waals surface area contributed by atoms with E-state index in [-0.39, 0.29) is 33.4 Å². The second kappa shape index (κ2) is 13.2. The first kappa shape index (κ1) is 33.4. The summed E-state index contributed by atoms with van der Waals surface area (Å²) < 4.78 is 34.0. The number of aromatic nitrogens is 1. The Kier molecular flexibility index (Phi) is 9.19. The van der Waals surface area contributed by atoms with E-state index in [1.807, 2.05) is 0 Å². The number of thiazole rings is 1. The summed E-state index contributed by atoms with van der Waals surface area (Å²) in [5.74, 6) is -3.77. The monoisotopic (exact) mass is 728 g/mol. The molecular weight excluding hydrogens is 704 g/mol. The van der Waals surface area contributed by atoms with Crippen molar-refractivity contribution in [3.05, 3.63) is 97.4 Å². The lowest BCUT2D eigenvalue weighted by molar-refractivity contribution is -0.122. The van der Waals surface area contributed by atoms with Crippen molar-refractivity contribution in [1.82, 2.24) is 4.98 Å². The number of ether oxygens (including phenoxy) is 2. The Balaban J connectivity index is 1.30. The molecule has 3 atom stereocenters. The second-order valence-corrected chi connectivity index (χ2v) is 14.8. The molecule has 248 valence electrons. The second-order valence-electron chi connectivity index (χ2n) is 10.6. The van der Waals surface area contributed by atoms with Crippen LogP contribution in [0.3, 0.4) is 0 Å². The molecule has 3 amide bonds. The van der Waals surface area contributed by atoms with Crippen LogP contribution in [-0.2, 0) is 29.1 Å². The maximum Gasteiger partial charge on any atom is 0.338 e. The average molecular weight is 729 g/mol. The molecule has 6 rings (SSSR count). The van der Waals surface area contributed by atoms with E-state index >= 15 is 0 Å². The largest absolute Gasteiger partial charge is 0.483 e. The Labute approximate surface area is 286 Å². The number of hydrogen-bond acceptors (Lipinski definition) is 11. The molecule has 48 heavy (non-hydrogen) atoms.